The van der Waals surface area contributed by atoms with E-state index in [4.69, 9.17) is 0 Å². The molecule has 0 fully saturated rings. The van der Waals surface area contributed by atoms with Gasteiger partial charge in [-0.2, -0.15) is 4.31 Å². The van der Waals surface area contributed by atoms with E-state index in [-0.39, 0.29) is 10.8 Å². The molecule has 132 valence electrons. The highest BCUT2D eigenvalue weighted by molar-refractivity contribution is 7.99. The van der Waals surface area contributed by atoms with Crippen molar-refractivity contribution in [3.63, 3.8) is 0 Å². The van der Waals surface area contributed by atoms with Gasteiger partial charge in [0, 0.05) is 37.7 Å². The largest absolute Gasteiger partial charge is 0.311 e. The highest BCUT2D eigenvalue weighted by Gasteiger charge is 2.26. The predicted octanol–water partition coefficient (Wildman–Crippen LogP) is 2.97. The van der Waals surface area contributed by atoms with E-state index in [1.54, 1.807) is 41.9 Å². The molecule has 1 amide bonds. The van der Waals surface area contributed by atoms with Crippen molar-refractivity contribution in [2.75, 3.05) is 24.2 Å². The molecule has 1 aliphatic heterocycles. The molecule has 0 bridgehead atoms. The second kappa shape index (κ2) is 7.19. The van der Waals surface area contributed by atoms with Crippen molar-refractivity contribution in [3.05, 3.63) is 54.1 Å². The van der Waals surface area contributed by atoms with E-state index in [9.17, 15) is 13.2 Å². The quantitative estimate of drug-likeness (QED) is 0.823. The normalized spacial score (nSPS) is 14.4. The average Bonchev–Trinajstić information content (AvgIpc) is 2.61. The average molecular weight is 377 g/mol. The van der Waals surface area contributed by atoms with Crippen molar-refractivity contribution < 1.29 is 13.2 Å². The minimum Gasteiger partial charge on any atom is -0.311 e. The van der Waals surface area contributed by atoms with Crippen LogP contribution in [0, 0.1) is 0 Å². The first-order chi connectivity index (χ1) is 11.9. The summed E-state index contributed by atoms with van der Waals surface area (Å²) < 4.78 is 27.2. The van der Waals surface area contributed by atoms with Crippen LogP contribution in [0.25, 0.3) is 0 Å². The Labute approximate surface area is 152 Å². The molecule has 0 spiro atoms. The Balaban J connectivity index is 1.92. The molecule has 0 unspecified atom stereocenters. The Morgan fingerprint density at radius 1 is 1.20 bits per heavy atom. The van der Waals surface area contributed by atoms with Crippen LogP contribution in [-0.2, 0) is 21.4 Å². The first-order valence-electron chi connectivity index (χ1n) is 7.95. The van der Waals surface area contributed by atoms with E-state index in [1.165, 1.54) is 11.2 Å². The molecule has 0 atom stereocenters. The van der Waals surface area contributed by atoms with Crippen LogP contribution >= 0.6 is 11.8 Å². The van der Waals surface area contributed by atoms with Gasteiger partial charge < -0.3 is 4.90 Å². The molecule has 7 heteroatoms. The van der Waals surface area contributed by atoms with Crippen LogP contribution in [-0.4, -0.2) is 38.0 Å². The van der Waals surface area contributed by atoms with Gasteiger partial charge in [0.1, 0.15) is 0 Å². The van der Waals surface area contributed by atoms with E-state index in [2.05, 4.69) is 0 Å². The summed E-state index contributed by atoms with van der Waals surface area (Å²) in [5, 5.41) is 0. The summed E-state index contributed by atoms with van der Waals surface area (Å²) in [6.45, 7) is 2.39. The number of rotatable bonds is 4. The van der Waals surface area contributed by atoms with E-state index >= 15 is 0 Å². The number of thioether (sulfide) groups is 1. The Hall–Kier alpha value is -1.83. The van der Waals surface area contributed by atoms with Crippen LogP contribution in [0.5, 0.6) is 0 Å². The highest BCUT2D eigenvalue weighted by atomic mass is 32.2. The zero-order valence-corrected chi connectivity index (χ0v) is 15.8. The van der Waals surface area contributed by atoms with E-state index in [0.717, 1.165) is 16.2 Å². The van der Waals surface area contributed by atoms with Crippen molar-refractivity contribution in [3.8, 4) is 0 Å². The maximum Gasteiger partial charge on any atom is 0.243 e. The predicted molar refractivity (Wildman–Crippen MR) is 100 cm³/mol. The molecule has 0 aliphatic carbocycles. The second-order valence-electron chi connectivity index (χ2n) is 5.90. The Morgan fingerprint density at radius 3 is 2.60 bits per heavy atom. The topological polar surface area (TPSA) is 57.7 Å². The number of fused-ring (bicyclic) bond motifs is 1. The zero-order chi connectivity index (χ0) is 18.0. The molecule has 2 aromatic rings. The van der Waals surface area contributed by atoms with Crippen molar-refractivity contribution in [2.24, 2.45) is 0 Å². The molecule has 0 N–H and O–H groups in total. The Morgan fingerprint density at radius 2 is 1.92 bits per heavy atom. The minimum absolute atomic E-state index is 0.0752. The maximum atomic E-state index is 12.9. The fourth-order valence-corrected chi connectivity index (χ4v) is 4.95. The fourth-order valence-electron chi connectivity index (χ4n) is 2.79. The monoisotopic (exact) mass is 376 g/mol. The van der Waals surface area contributed by atoms with Gasteiger partial charge in [-0.1, -0.05) is 30.3 Å². The summed E-state index contributed by atoms with van der Waals surface area (Å²) in [4.78, 5) is 14.6. The first-order valence-corrected chi connectivity index (χ1v) is 10.4. The number of anilines is 1. The number of sulfonamides is 1. The fraction of sp³-hybridized carbons (Fsp3) is 0.278. The second-order valence-corrected chi connectivity index (χ2v) is 9.08. The lowest BCUT2D eigenvalue weighted by Crippen LogP contribution is -2.34. The number of hydrogen-bond acceptors (Lipinski definition) is 4. The molecule has 0 saturated carbocycles. The van der Waals surface area contributed by atoms with Crippen LogP contribution in [0.4, 0.5) is 5.69 Å². The van der Waals surface area contributed by atoms with Gasteiger partial charge in [0.15, 0.2) is 0 Å². The molecule has 1 aliphatic rings. The summed E-state index contributed by atoms with van der Waals surface area (Å²) in [6, 6.07) is 14.5. The van der Waals surface area contributed by atoms with E-state index < -0.39 is 10.0 Å². The van der Waals surface area contributed by atoms with Gasteiger partial charge >= 0.3 is 0 Å². The molecule has 2 aromatic carbocycles. The maximum absolute atomic E-state index is 12.9. The number of carbonyl (C=O) groups is 1. The standard InChI is InChI=1S/C18H20N2O3S2/c1-14(21)20-10-11-24-18-9-8-16(12-17(18)20)25(22,23)19(2)13-15-6-4-3-5-7-15/h3-9,12H,10-11,13H2,1-2H3. The summed E-state index contributed by atoms with van der Waals surface area (Å²) in [7, 11) is -2.06. The van der Waals surface area contributed by atoms with Crippen LogP contribution in [0.15, 0.2) is 58.3 Å². The SMILES string of the molecule is CC(=O)N1CCSc2ccc(S(=O)(=O)N(C)Cc3ccccc3)cc21. The van der Waals surface area contributed by atoms with Crippen LogP contribution in [0.1, 0.15) is 12.5 Å². The smallest absolute Gasteiger partial charge is 0.243 e. The van der Waals surface area contributed by atoms with Crippen LogP contribution < -0.4 is 4.90 Å². The number of benzene rings is 2. The van der Waals surface area contributed by atoms with Crippen molar-refractivity contribution >= 4 is 33.4 Å². The van der Waals surface area contributed by atoms with Crippen molar-refractivity contribution in [1.29, 1.82) is 0 Å². The molecular formula is C18H20N2O3S2. The van der Waals surface area contributed by atoms with E-state index in [0.29, 0.717) is 18.8 Å². The number of nitrogens with zero attached hydrogens (tertiary/aromatic N) is 2. The minimum atomic E-state index is -3.63. The molecule has 0 saturated heterocycles. The summed E-state index contributed by atoms with van der Waals surface area (Å²) >= 11 is 1.64. The van der Waals surface area contributed by atoms with Gasteiger partial charge in [-0.15, -0.1) is 11.8 Å². The lowest BCUT2D eigenvalue weighted by atomic mass is 10.2. The number of carbonyl (C=O) groups excluding carboxylic acids is 1. The third-order valence-electron chi connectivity index (χ3n) is 4.13. The molecular weight excluding hydrogens is 356 g/mol. The first kappa shape index (κ1) is 18.0. The highest BCUT2D eigenvalue weighted by Crippen LogP contribution is 2.36. The van der Waals surface area contributed by atoms with Gasteiger partial charge in [0.25, 0.3) is 0 Å². The molecule has 0 radical (unpaired) electrons. The third kappa shape index (κ3) is 3.73. The van der Waals surface area contributed by atoms with Gasteiger partial charge in [0.2, 0.25) is 15.9 Å². The molecule has 5 nitrogen and oxygen atoms in total. The van der Waals surface area contributed by atoms with Crippen molar-refractivity contribution in [1.82, 2.24) is 4.31 Å². The molecule has 0 aromatic heterocycles. The van der Waals surface area contributed by atoms with Gasteiger partial charge in [-0.3, -0.25) is 4.79 Å². The van der Waals surface area contributed by atoms with Gasteiger partial charge in [-0.05, 0) is 23.8 Å². The number of amides is 1. The van der Waals surface area contributed by atoms with E-state index in [1.807, 2.05) is 30.3 Å². The Bertz CT molecular complexity index is 882. The molecule has 3 rings (SSSR count). The van der Waals surface area contributed by atoms with Crippen LogP contribution in [0.2, 0.25) is 0 Å². The zero-order valence-electron chi connectivity index (χ0n) is 14.2. The van der Waals surface area contributed by atoms with Gasteiger partial charge in [0.05, 0.1) is 10.6 Å². The third-order valence-corrected chi connectivity index (χ3v) is 6.97. The molecule has 25 heavy (non-hydrogen) atoms. The Kier molecular flexibility index (Phi) is 5.17. The lowest BCUT2D eigenvalue weighted by molar-refractivity contribution is -0.116. The summed E-state index contributed by atoms with van der Waals surface area (Å²) in [6.07, 6.45) is 0. The van der Waals surface area contributed by atoms with Gasteiger partial charge in [-0.25, -0.2) is 8.42 Å². The summed E-state index contributed by atoms with van der Waals surface area (Å²) in [5.41, 5.74) is 1.60. The van der Waals surface area contributed by atoms with Crippen molar-refractivity contribution in [2.45, 2.75) is 23.3 Å². The van der Waals surface area contributed by atoms with Crippen LogP contribution in [0.3, 0.4) is 0 Å². The summed E-state index contributed by atoms with van der Waals surface area (Å²) in [5.74, 6) is 0.737. The molecule has 1 heterocycles. The lowest BCUT2D eigenvalue weighted by Gasteiger charge is -2.29. The number of hydrogen-bond donors (Lipinski definition) is 0.